The second-order valence-corrected chi connectivity index (χ2v) is 11.9. The van der Waals surface area contributed by atoms with Gasteiger partial charge in [-0.05, 0) is 66.4 Å². The predicted molar refractivity (Wildman–Crippen MR) is 140 cm³/mol. The first kappa shape index (κ1) is 24.6. The molecule has 3 rings (SSSR count). The third-order valence-corrected chi connectivity index (χ3v) is 8.53. The van der Waals surface area contributed by atoms with E-state index in [0.717, 1.165) is 27.8 Å². The van der Waals surface area contributed by atoms with E-state index in [1.54, 1.807) is 0 Å². The molecule has 170 valence electrons. The number of benzene rings is 3. The molecule has 0 aliphatic rings. The second kappa shape index (κ2) is 11.2. The van der Waals surface area contributed by atoms with Gasteiger partial charge in [-0.25, -0.2) is 0 Å². The van der Waals surface area contributed by atoms with Crippen molar-refractivity contribution >= 4 is 40.0 Å². The smallest absolute Gasteiger partial charge is 0.258 e. The average Bonchev–Trinajstić information content (AvgIpc) is 2.78. The first-order valence-corrected chi connectivity index (χ1v) is 13.4. The Morgan fingerprint density at radius 3 is 2.12 bits per heavy atom. The number of hydrogen-bond donors (Lipinski definition) is 1. The van der Waals surface area contributed by atoms with Crippen LogP contribution in [0.3, 0.4) is 0 Å². The fourth-order valence-corrected chi connectivity index (χ4v) is 6.07. The van der Waals surface area contributed by atoms with Crippen molar-refractivity contribution in [2.24, 2.45) is 5.92 Å². The molecule has 0 spiro atoms. The van der Waals surface area contributed by atoms with Gasteiger partial charge < -0.3 is 14.7 Å². The summed E-state index contributed by atoms with van der Waals surface area (Å²) in [5.41, 5.74) is 2.87. The molecule has 0 fully saturated rings. The lowest BCUT2D eigenvalue weighted by atomic mass is 10.2. The van der Waals surface area contributed by atoms with Gasteiger partial charge in [-0.1, -0.05) is 60.1 Å². The summed E-state index contributed by atoms with van der Waals surface area (Å²) in [5.74, 6) is -0.0526. The molecule has 0 amide bonds. The Balaban J connectivity index is 2.08. The third kappa shape index (κ3) is 6.25. The molecular weight excluding hydrogens is 483 g/mol. The topological polar surface area (TPSA) is 41.6 Å². The van der Waals surface area contributed by atoms with Crippen LogP contribution in [0.1, 0.15) is 31.6 Å². The fraction of sp³-hybridized carbons (Fsp3) is 0.308. The van der Waals surface area contributed by atoms with E-state index in [-0.39, 0.29) is 0 Å². The van der Waals surface area contributed by atoms with Crippen LogP contribution in [-0.2, 0) is 9.09 Å². The molecule has 4 nitrogen and oxygen atoms in total. The van der Waals surface area contributed by atoms with Crippen LogP contribution in [0, 0.1) is 5.92 Å². The van der Waals surface area contributed by atoms with Gasteiger partial charge in [0.05, 0.1) is 6.61 Å². The van der Waals surface area contributed by atoms with E-state index >= 15 is 0 Å². The zero-order valence-corrected chi connectivity index (χ0v) is 21.6. The Hall–Kier alpha value is -2.07. The van der Waals surface area contributed by atoms with Crippen LogP contribution in [0.2, 0.25) is 0 Å². The van der Waals surface area contributed by atoms with E-state index in [9.17, 15) is 4.57 Å². The van der Waals surface area contributed by atoms with Crippen molar-refractivity contribution in [2.45, 2.75) is 26.1 Å². The Morgan fingerprint density at radius 2 is 1.56 bits per heavy atom. The summed E-state index contributed by atoms with van der Waals surface area (Å²) in [4.78, 5) is 2.03. The molecule has 2 atom stereocenters. The number of nitrogens with zero attached hydrogens (tertiary/aromatic N) is 1. The molecule has 32 heavy (non-hydrogen) atoms. The highest BCUT2D eigenvalue weighted by Crippen LogP contribution is 2.59. The van der Waals surface area contributed by atoms with E-state index in [2.05, 4.69) is 35.1 Å². The molecule has 0 aliphatic heterocycles. The number of rotatable bonds is 10. The van der Waals surface area contributed by atoms with Crippen molar-refractivity contribution < 1.29 is 9.09 Å². The fourth-order valence-electron chi connectivity index (χ4n) is 3.38. The van der Waals surface area contributed by atoms with Crippen LogP contribution >= 0.6 is 23.3 Å². The van der Waals surface area contributed by atoms with Crippen LogP contribution in [0.15, 0.2) is 83.3 Å². The van der Waals surface area contributed by atoms with Crippen molar-refractivity contribution in [3.63, 3.8) is 0 Å². The van der Waals surface area contributed by atoms with Crippen molar-refractivity contribution in [1.82, 2.24) is 0 Å². The summed E-state index contributed by atoms with van der Waals surface area (Å²) in [6, 6.07) is 25.7. The molecule has 1 N–H and O–H groups in total. The molecule has 3 aromatic rings. The largest absolute Gasteiger partial charge is 0.378 e. The number of halogens is 1. The second-order valence-electron chi connectivity index (χ2n) is 8.49. The summed E-state index contributed by atoms with van der Waals surface area (Å²) in [6.07, 6.45) is 0.845. The van der Waals surface area contributed by atoms with Gasteiger partial charge in [0.15, 0.2) is 0 Å². The van der Waals surface area contributed by atoms with Gasteiger partial charge in [0, 0.05) is 35.2 Å². The summed E-state index contributed by atoms with van der Waals surface area (Å²) in [5, 5.41) is 4.23. The molecular formula is C26H32BrN2O2P. The average molecular weight is 515 g/mol. The summed E-state index contributed by atoms with van der Waals surface area (Å²) in [7, 11) is 0.655. The van der Waals surface area contributed by atoms with Crippen LogP contribution in [0.25, 0.3) is 0 Å². The highest BCUT2D eigenvalue weighted by molar-refractivity contribution is 9.10. The van der Waals surface area contributed by atoms with Gasteiger partial charge >= 0.3 is 0 Å². The van der Waals surface area contributed by atoms with Gasteiger partial charge in [0.25, 0.3) is 7.37 Å². The third-order valence-electron chi connectivity index (χ3n) is 5.31. The Labute approximate surface area is 200 Å². The van der Waals surface area contributed by atoms with Crippen molar-refractivity contribution in [1.29, 1.82) is 0 Å². The number of nitrogens with one attached hydrogen (secondary N) is 1. The molecule has 0 saturated carbocycles. The van der Waals surface area contributed by atoms with E-state index in [1.807, 2.05) is 97.9 Å². The maximum Gasteiger partial charge on any atom is 0.258 e. The first-order valence-electron chi connectivity index (χ1n) is 10.9. The molecule has 0 unspecified atom stereocenters. The lowest BCUT2D eigenvalue weighted by molar-refractivity contribution is 0.290. The zero-order chi connectivity index (χ0) is 23.1. The minimum atomic E-state index is -3.34. The number of hydrogen-bond acceptors (Lipinski definition) is 4. The number of para-hydroxylation sites is 1. The van der Waals surface area contributed by atoms with Crippen molar-refractivity contribution in [2.75, 3.05) is 30.9 Å². The van der Waals surface area contributed by atoms with E-state index < -0.39 is 13.2 Å². The minimum Gasteiger partial charge on any atom is -0.378 e. The summed E-state index contributed by atoms with van der Waals surface area (Å²) in [6.45, 7) is 4.73. The Kier molecular flexibility index (Phi) is 8.58. The van der Waals surface area contributed by atoms with E-state index in [0.29, 0.717) is 17.8 Å². The van der Waals surface area contributed by atoms with Gasteiger partial charge in [-0.2, -0.15) is 0 Å². The van der Waals surface area contributed by atoms with Crippen LogP contribution in [-0.4, -0.2) is 20.7 Å². The van der Waals surface area contributed by atoms with Crippen LogP contribution in [0.4, 0.5) is 11.4 Å². The van der Waals surface area contributed by atoms with Gasteiger partial charge in [-0.15, -0.1) is 0 Å². The maximum atomic E-state index is 14.8. The van der Waals surface area contributed by atoms with Crippen LogP contribution < -0.4 is 15.5 Å². The SMILES string of the molecule is CC(C)CCO[P@@](=O)(c1ccc(N(C)C)cc1)[C@H](Nc1ccccc1)c1ccc(Br)cc1. The lowest BCUT2D eigenvalue weighted by Gasteiger charge is -2.30. The molecule has 3 aromatic carbocycles. The van der Waals surface area contributed by atoms with E-state index in [1.165, 1.54) is 0 Å². The molecule has 0 aliphatic carbocycles. The Morgan fingerprint density at radius 1 is 0.938 bits per heavy atom. The zero-order valence-electron chi connectivity index (χ0n) is 19.2. The Bertz CT molecular complexity index is 1020. The van der Waals surface area contributed by atoms with Gasteiger partial charge in [-0.3, -0.25) is 4.57 Å². The molecule has 6 heteroatoms. The molecule has 0 saturated heterocycles. The van der Waals surface area contributed by atoms with Crippen molar-refractivity contribution in [3.05, 3.63) is 88.9 Å². The van der Waals surface area contributed by atoms with Crippen LogP contribution in [0.5, 0.6) is 0 Å². The minimum absolute atomic E-state index is 0.438. The standard InChI is InChI=1S/C26H32BrN2O2P/c1-20(2)18-19-31-32(30,25-16-14-24(15-17-25)29(3)4)26(21-10-12-22(27)13-11-21)28-23-8-6-5-7-9-23/h5-17,20,26,28H,18-19H2,1-4H3/t26-,32-/m0/s1. The van der Waals surface area contributed by atoms with Gasteiger partial charge in [0.2, 0.25) is 0 Å². The van der Waals surface area contributed by atoms with Crippen molar-refractivity contribution in [3.8, 4) is 0 Å². The quantitative estimate of drug-likeness (QED) is 0.288. The highest BCUT2D eigenvalue weighted by Gasteiger charge is 2.38. The van der Waals surface area contributed by atoms with E-state index in [4.69, 9.17) is 4.52 Å². The lowest BCUT2D eigenvalue weighted by Crippen LogP contribution is -2.21. The number of anilines is 2. The summed E-state index contributed by atoms with van der Waals surface area (Å²) < 4.78 is 22.0. The monoisotopic (exact) mass is 514 g/mol. The maximum absolute atomic E-state index is 14.8. The molecule has 0 aromatic heterocycles. The molecule has 0 bridgehead atoms. The van der Waals surface area contributed by atoms with Gasteiger partial charge in [0.1, 0.15) is 5.78 Å². The predicted octanol–water partition coefficient (Wildman–Crippen LogP) is 7.29. The molecule has 0 heterocycles. The molecule has 0 radical (unpaired) electrons. The summed E-state index contributed by atoms with van der Waals surface area (Å²) >= 11 is 3.51. The normalized spacial score (nSPS) is 14.1. The first-order chi connectivity index (χ1) is 15.3. The highest BCUT2D eigenvalue weighted by atomic mass is 79.9.